The number of benzene rings is 3. The number of hydrogen-bond donors (Lipinski definition) is 2. The topological polar surface area (TPSA) is 77.8 Å². The van der Waals surface area contributed by atoms with Gasteiger partial charge in [0.1, 0.15) is 0 Å². The molecule has 4 nitrogen and oxygen atoms in total. The lowest BCUT2D eigenvalue weighted by atomic mass is 9.91. The van der Waals surface area contributed by atoms with Crippen LogP contribution in [0.1, 0.15) is 11.1 Å². The SMILES string of the molecule is Nc1nc2ccc(-c3cccc(C(F)(F)F)c3)c(-c3cccc(C(F)(F)F)c3)c2nc1N. The van der Waals surface area contributed by atoms with E-state index in [4.69, 9.17) is 11.5 Å². The average Bonchev–Trinajstić information content (AvgIpc) is 2.73. The maximum Gasteiger partial charge on any atom is 0.416 e. The van der Waals surface area contributed by atoms with Crippen LogP contribution in [0, 0.1) is 0 Å². The van der Waals surface area contributed by atoms with Crippen LogP contribution in [0.3, 0.4) is 0 Å². The summed E-state index contributed by atoms with van der Waals surface area (Å²) in [5.41, 5.74) is 10.6. The van der Waals surface area contributed by atoms with Gasteiger partial charge in [-0.05, 0) is 47.0 Å². The van der Waals surface area contributed by atoms with Crippen molar-refractivity contribution in [2.24, 2.45) is 0 Å². The van der Waals surface area contributed by atoms with Crippen LogP contribution in [0.5, 0.6) is 0 Å². The molecular weight excluding hydrogens is 434 g/mol. The molecule has 0 amide bonds. The predicted octanol–water partition coefficient (Wildman–Crippen LogP) is 6.17. The number of nitrogens with zero attached hydrogens (tertiary/aromatic N) is 2. The first-order chi connectivity index (χ1) is 14.9. The van der Waals surface area contributed by atoms with E-state index in [1.807, 2.05) is 0 Å². The molecule has 0 aliphatic rings. The van der Waals surface area contributed by atoms with Gasteiger partial charge in [0.05, 0.1) is 22.2 Å². The molecule has 1 heterocycles. The van der Waals surface area contributed by atoms with Gasteiger partial charge in [-0.2, -0.15) is 26.3 Å². The fraction of sp³-hybridized carbons (Fsp3) is 0.0909. The van der Waals surface area contributed by atoms with Gasteiger partial charge < -0.3 is 11.5 Å². The standard InChI is InChI=1S/C22H14F6N4/c23-21(24,25)13-5-1-3-11(9-13)15-7-8-16-18(32-20(30)19(29)31-16)17(15)12-4-2-6-14(10-12)22(26,27)28/h1-10H,(H2,29,31)(H2,30,32). The highest BCUT2D eigenvalue weighted by molar-refractivity contribution is 6.01. The summed E-state index contributed by atoms with van der Waals surface area (Å²) in [5.74, 6) is -0.216. The molecule has 4 N–H and O–H groups in total. The molecule has 4 aromatic rings. The number of aromatic nitrogens is 2. The van der Waals surface area contributed by atoms with E-state index in [0.29, 0.717) is 0 Å². The van der Waals surface area contributed by atoms with Crippen LogP contribution in [0.15, 0.2) is 60.7 Å². The summed E-state index contributed by atoms with van der Waals surface area (Å²) in [6.45, 7) is 0. The monoisotopic (exact) mass is 448 g/mol. The van der Waals surface area contributed by atoms with E-state index in [1.54, 1.807) is 0 Å². The minimum absolute atomic E-state index is 0.0701. The Kier molecular flexibility index (Phi) is 4.95. The van der Waals surface area contributed by atoms with Crippen molar-refractivity contribution in [1.29, 1.82) is 0 Å². The maximum atomic E-state index is 13.3. The number of nitrogens with two attached hydrogens (primary N) is 2. The number of halogens is 6. The Morgan fingerprint density at radius 2 is 1.16 bits per heavy atom. The maximum absolute atomic E-state index is 13.3. The van der Waals surface area contributed by atoms with Crippen molar-refractivity contribution in [2.75, 3.05) is 11.5 Å². The van der Waals surface area contributed by atoms with Gasteiger partial charge in [-0.15, -0.1) is 0 Å². The van der Waals surface area contributed by atoms with Gasteiger partial charge in [-0.25, -0.2) is 9.97 Å². The van der Waals surface area contributed by atoms with Gasteiger partial charge in [-0.3, -0.25) is 0 Å². The second-order valence-corrected chi connectivity index (χ2v) is 7.01. The lowest BCUT2D eigenvalue weighted by Gasteiger charge is -2.16. The first-order valence-corrected chi connectivity index (χ1v) is 9.16. The summed E-state index contributed by atoms with van der Waals surface area (Å²) in [6.07, 6.45) is -9.21. The predicted molar refractivity (Wildman–Crippen MR) is 109 cm³/mol. The largest absolute Gasteiger partial charge is 0.416 e. The summed E-state index contributed by atoms with van der Waals surface area (Å²) in [5, 5.41) is 0. The van der Waals surface area contributed by atoms with Crippen LogP contribution in [0.2, 0.25) is 0 Å². The zero-order chi connectivity index (χ0) is 23.3. The highest BCUT2D eigenvalue weighted by Gasteiger charge is 2.32. The third-order valence-corrected chi connectivity index (χ3v) is 4.87. The minimum Gasteiger partial charge on any atom is -0.381 e. The molecule has 0 saturated carbocycles. The molecular formula is C22H14F6N4. The van der Waals surface area contributed by atoms with E-state index < -0.39 is 23.5 Å². The first-order valence-electron chi connectivity index (χ1n) is 9.16. The normalized spacial score (nSPS) is 12.3. The summed E-state index contributed by atoms with van der Waals surface area (Å²) in [4.78, 5) is 8.30. The van der Waals surface area contributed by atoms with E-state index in [9.17, 15) is 26.3 Å². The fourth-order valence-corrected chi connectivity index (χ4v) is 3.40. The smallest absolute Gasteiger partial charge is 0.381 e. The Morgan fingerprint density at radius 1 is 0.625 bits per heavy atom. The Bertz CT molecular complexity index is 1330. The molecule has 0 saturated heterocycles. The first kappa shape index (κ1) is 21.4. The molecule has 0 atom stereocenters. The molecule has 0 bridgehead atoms. The second kappa shape index (κ2) is 7.40. The molecule has 3 aromatic carbocycles. The Labute approximate surface area is 177 Å². The highest BCUT2D eigenvalue weighted by Crippen LogP contribution is 2.41. The highest BCUT2D eigenvalue weighted by atomic mass is 19.4. The second-order valence-electron chi connectivity index (χ2n) is 7.01. The molecule has 4 rings (SSSR count). The van der Waals surface area contributed by atoms with Gasteiger partial charge in [0.15, 0.2) is 11.6 Å². The summed E-state index contributed by atoms with van der Waals surface area (Å²) < 4.78 is 79.8. The molecule has 0 radical (unpaired) electrons. The Morgan fingerprint density at radius 3 is 1.75 bits per heavy atom. The number of alkyl halides is 6. The van der Waals surface area contributed by atoms with Crippen molar-refractivity contribution >= 4 is 22.7 Å². The number of anilines is 2. The zero-order valence-electron chi connectivity index (χ0n) is 16.1. The molecule has 0 aliphatic carbocycles. The summed E-state index contributed by atoms with van der Waals surface area (Å²) in [7, 11) is 0. The molecule has 10 heteroatoms. The number of hydrogen-bond acceptors (Lipinski definition) is 4. The molecule has 0 spiro atoms. The van der Waals surface area contributed by atoms with E-state index in [2.05, 4.69) is 9.97 Å². The van der Waals surface area contributed by atoms with Crippen LogP contribution in [0.25, 0.3) is 33.3 Å². The van der Waals surface area contributed by atoms with Gasteiger partial charge in [0, 0.05) is 5.56 Å². The molecule has 1 aromatic heterocycles. The molecule has 0 fully saturated rings. The lowest BCUT2D eigenvalue weighted by Crippen LogP contribution is -2.06. The molecule has 164 valence electrons. The van der Waals surface area contributed by atoms with Crippen molar-refractivity contribution in [1.82, 2.24) is 9.97 Å². The number of fused-ring (bicyclic) bond motifs is 1. The van der Waals surface area contributed by atoms with Crippen molar-refractivity contribution in [3.63, 3.8) is 0 Å². The fourth-order valence-electron chi connectivity index (χ4n) is 3.40. The lowest BCUT2D eigenvalue weighted by molar-refractivity contribution is -0.138. The zero-order valence-corrected chi connectivity index (χ0v) is 16.1. The van der Waals surface area contributed by atoms with E-state index in [0.717, 1.165) is 24.3 Å². The third kappa shape index (κ3) is 3.91. The quantitative estimate of drug-likeness (QED) is 0.360. The van der Waals surface area contributed by atoms with Gasteiger partial charge >= 0.3 is 12.4 Å². The Hall–Kier alpha value is -3.82. The van der Waals surface area contributed by atoms with E-state index >= 15 is 0 Å². The van der Waals surface area contributed by atoms with Crippen LogP contribution in [-0.2, 0) is 12.4 Å². The van der Waals surface area contributed by atoms with Gasteiger partial charge in [-0.1, -0.05) is 30.3 Å². The van der Waals surface area contributed by atoms with Crippen LogP contribution in [0.4, 0.5) is 38.0 Å². The van der Waals surface area contributed by atoms with E-state index in [1.165, 1.54) is 36.4 Å². The van der Waals surface area contributed by atoms with Crippen molar-refractivity contribution in [2.45, 2.75) is 12.4 Å². The number of nitrogen functional groups attached to an aromatic ring is 2. The Balaban J connectivity index is 2.07. The van der Waals surface area contributed by atoms with Crippen LogP contribution >= 0.6 is 0 Å². The minimum atomic E-state index is -4.62. The third-order valence-electron chi connectivity index (χ3n) is 4.87. The molecule has 0 aliphatic heterocycles. The van der Waals surface area contributed by atoms with Gasteiger partial charge in [0.2, 0.25) is 0 Å². The number of rotatable bonds is 2. The van der Waals surface area contributed by atoms with Crippen molar-refractivity contribution < 1.29 is 26.3 Å². The van der Waals surface area contributed by atoms with Crippen molar-refractivity contribution in [3.8, 4) is 22.3 Å². The summed E-state index contributed by atoms with van der Waals surface area (Å²) in [6, 6.07) is 11.9. The van der Waals surface area contributed by atoms with E-state index in [-0.39, 0.29) is 44.9 Å². The summed E-state index contributed by atoms with van der Waals surface area (Å²) >= 11 is 0. The molecule has 0 unspecified atom stereocenters. The van der Waals surface area contributed by atoms with Crippen molar-refractivity contribution in [3.05, 3.63) is 71.8 Å². The average molecular weight is 448 g/mol. The van der Waals surface area contributed by atoms with Crippen LogP contribution < -0.4 is 11.5 Å². The van der Waals surface area contributed by atoms with Gasteiger partial charge in [0.25, 0.3) is 0 Å². The molecule has 32 heavy (non-hydrogen) atoms. The van der Waals surface area contributed by atoms with Crippen LogP contribution in [-0.4, -0.2) is 9.97 Å².